The molecule has 30 heavy (non-hydrogen) atoms. The van der Waals surface area contributed by atoms with Crippen molar-refractivity contribution in [3.63, 3.8) is 0 Å². The highest BCUT2D eigenvalue weighted by atomic mass is 32.2. The Morgan fingerprint density at radius 2 is 1.83 bits per heavy atom. The molecule has 3 N–H and O–H groups in total. The van der Waals surface area contributed by atoms with E-state index in [9.17, 15) is 18.3 Å². The molecule has 0 aliphatic carbocycles. The van der Waals surface area contributed by atoms with Crippen LogP contribution in [0.5, 0.6) is 5.75 Å². The Hall–Kier alpha value is -3.34. The number of hydrogen-bond donors (Lipinski definition) is 3. The smallest absolute Gasteiger partial charge is 0.367 e. The molecule has 2 aromatic rings. The van der Waals surface area contributed by atoms with Gasteiger partial charge in [-0.15, -0.1) is 8.80 Å². The fourth-order valence-corrected chi connectivity index (χ4v) is 3.66. The predicted molar refractivity (Wildman–Crippen MR) is 113 cm³/mol. The van der Waals surface area contributed by atoms with E-state index in [2.05, 4.69) is 19.4 Å². The Labute approximate surface area is 174 Å². The molecule has 1 aliphatic rings. The van der Waals surface area contributed by atoms with Gasteiger partial charge in [0.2, 0.25) is 0 Å². The summed E-state index contributed by atoms with van der Waals surface area (Å²) in [6.07, 6.45) is 1.53. The fourth-order valence-electron chi connectivity index (χ4n) is 2.88. The molecular weight excluding hydrogens is 410 g/mol. The van der Waals surface area contributed by atoms with Crippen LogP contribution in [0.25, 0.3) is 0 Å². The average Bonchev–Trinajstić information content (AvgIpc) is 3.28. The molecule has 2 heterocycles. The SMILES string of the molecule is CC(C)[C@@H](NC1=NS(=O)(=O)N=C1Nc1cccc(C(=O)N(C)C)c1O)c1ccco1. The number of anilines is 1. The van der Waals surface area contributed by atoms with E-state index in [1.54, 1.807) is 32.3 Å². The Kier molecular flexibility index (Phi) is 5.83. The summed E-state index contributed by atoms with van der Waals surface area (Å²) in [7, 11) is -0.973. The largest absolute Gasteiger partial charge is 0.505 e. The summed E-state index contributed by atoms with van der Waals surface area (Å²) in [5.41, 5.74) is 0.181. The van der Waals surface area contributed by atoms with E-state index < -0.39 is 16.1 Å². The number of nitrogens with zero attached hydrogens (tertiary/aromatic N) is 3. The van der Waals surface area contributed by atoms with Crippen molar-refractivity contribution in [2.45, 2.75) is 19.9 Å². The second kappa shape index (κ2) is 8.19. The number of hydrogen-bond acceptors (Lipinski definition) is 7. The lowest BCUT2D eigenvalue weighted by Gasteiger charge is -2.22. The highest BCUT2D eigenvalue weighted by Gasteiger charge is 2.30. The molecule has 1 amide bonds. The zero-order valence-corrected chi connectivity index (χ0v) is 17.8. The molecule has 11 heteroatoms. The minimum Gasteiger partial charge on any atom is -0.505 e. The number of carbonyl (C=O) groups is 1. The van der Waals surface area contributed by atoms with Crippen molar-refractivity contribution in [3.05, 3.63) is 47.9 Å². The number of aromatic hydroxyl groups is 1. The minimum absolute atomic E-state index is 0.0196. The number of amidine groups is 2. The van der Waals surface area contributed by atoms with Crippen LogP contribution in [0, 0.1) is 5.92 Å². The summed E-state index contributed by atoms with van der Waals surface area (Å²) in [4.78, 5) is 13.6. The lowest BCUT2D eigenvalue weighted by Crippen LogP contribution is -2.38. The van der Waals surface area contributed by atoms with Gasteiger partial charge in [0.15, 0.2) is 17.4 Å². The molecule has 0 saturated heterocycles. The standard InChI is InChI=1S/C19H23N5O5S/c1-11(2)15(14-9-6-10-29-14)21-18-17(22-30(27,28)23-18)20-13-8-5-7-12(16(13)25)19(26)24(3)4/h5-11,15,25H,1-4H3,(H,20,22)(H,21,23)/t15-/m1/s1. The summed E-state index contributed by atoms with van der Waals surface area (Å²) in [5.74, 6) is -0.197. The summed E-state index contributed by atoms with van der Waals surface area (Å²) in [5, 5.41) is 16.3. The number of benzene rings is 1. The van der Waals surface area contributed by atoms with E-state index in [0.717, 1.165) is 0 Å². The Bertz CT molecular complexity index is 1100. The van der Waals surface area contributed by atoms with Gasteiger partial charge in [-0.05, 0) is 30.2 Å². The Balaban J connectivity index is 1.91. The van der Waals surface area contributed by atoms with Crippen molar-refractivity contribution >= 4 is 33.5 Å². The zero-order valence-electron chi connectivity index (χ0n) is 16.9. The van der Waals surface area contributed by atoms with E-state index in [0.29, 0.717) is 5.76 Å². The average molecular weight is 433 g/mol. The van der Waals surface area contributed by atoms with Crippen LogP contribution in [-0.2, 0) is 10.2 Å². The molecule has 10 nitrogen and oxygen atoms in total. The molecule has 0 spiro atoms. The first kappa shape index (κ1) is 21.4. The van der Waals surface area contributed by atoms with Crippen molar-refractivity contribution in [2.75, 3.05) is 19.4 Å². The maximum atomic E-state index is 12.2. The number of phenolic OH excluding ortho intramolecular Hbond substituents is 1. The number of amides is 1. The van der Waals surface area contributed by atoms with Crippen LogP contribution in [0.4, 0.5) is 5.69 Å². The summed E-state index contributed by atoms with van der Waals surface area (Å²) < 4.78 is 36.8. The Morgan fingerprint density at radius 1 is 1.13 bits per heavy atom. The van der Waals surface area contributed by atoms with Crippen molar-refractivity contribution in [1.29, 1.82) is 0 Å². The van der Waals surface area contributed by atoms with Crippen LogP contribution < -0.4 is 10.6 Å². The van der Waals surface area contributed by atoms with Gasteiger partial charge in [-0.3, -0.25) is 4.79 Å². The monoisotopic (exact) mass is 433 g/mol. The highest BCUT2D eigenvalue weighted by Crippen LogP contribution is 2.29. The van der Waals surface area contributed by atoms with Gasteiger partial charge in [0.1, 0.15) is 5.76 Å². The molecule has 1 atom stereocenters. The third kappa shape index (κ3) is 4.46. The van der Waals surface area contributed by atoms with Gasteiger partial charge in [-0.25, -0.2) is 0 Å². The zero-order chi connectivity index (χ0) is 22.1. The summed E-state index contributed by atoms with van der Waals surface area (Å²) in [6.45, 7) is 3.88. The second-order valence-electron chi connectivity index (χ2n) is 7.24. The number of rotatable bonds is 5. The van der Waals surface area contributed by atoms with Crippen LogP contribution in [0.1, 0.15) is 36.0 Å². The van der Waals surface area contributed by atoms with Gasteiger partial charge < -0.3 is 25.1 Å². The number of para-hydroxylation sites is 1. The first-order chi connectivity index (χ1) is 14.1. The third-order valence-electron chi connectivity index (χ3n) is 4.37. The van der Waals surface area contributed by atoms with Crippen molar-refractivity contribution in [2.24, 2.45) is 14.7 Å². The lowest BCUT2D eigenvalue weighted by molar-refractivity contribution is 0.0824. The maximum Gasteiger partial charge on any atom is 0.367 e. The number of phenols is 1. The van der Waals surface area contributed by atoms with Gasteiger partial charge >= 0.3 is 10.2 Å². The van der Waals surface area contributed by atoms with Crippen LogP contribution in [0.15, 0.2) is 49.8 Å². The normalized spacial score (nSPS) is 16.0. The van der Waals surface area contributed by atoms with Gasteiger partial charge in [0.25, 0.3) is 5.91 Å². The molecule has 160 valence electrons. The highest BCUT2D eigenvalue weighted by molar-refractivity contribution is 7.89. The van der Waals surface area contributed by atoms with Gasteiger partial charge in [0.05, 0.1) is 23.6 Å². The second-order valence-corrected chi connectivity index (χ2v) is 8.50. The van der Waals surface area contributed by atoms with Gasteiger partial charge in [0, 0.05) is 14.1 Å². The van der Waals surface area contributed by atoms with E-state index in [-0.39, 0.29) is 40.6 Å². The van der Waals surface area contributed by atoms with E-state index in [4.69, 9.17) is 4.42 Å². The van der Waals surface area contributed by atoms with Crippen molar-refractivity contribution < 1.29 is 22.7 Å². The number of carbonyl (C=O) groups excluding carboxylic acids is 1. The van der Waals surface area contributed by atoms with Gasteiger partial charge in [-0.2, -0.15) is 8.42 Å². The summed E-state index contributed by atoms with van der Waals surface area (Å²) in [6, 6.07) is 7.67. The maximum absolute atomic E-state index is 12.2. The molecule has 0 unspecified atom stereocenters. The molecule has 0 radical (unpaired) electrons. The van der Waals surface area contributed by atoms with E-state index >= 15 is 0 Å². The molecule has 1 aliphatic heterocycles. The molecular formula is C19H23N5O5S. The molecule has 1 aromatic heterocycles. The number of furan rings is 1. The van der Waals surface area contributed by atoms with Crippen molar-refractivity contribution in [3.8, 4) is 5.75 Å². The van der Waals surface area contributed by atoms with E-state index in [1.807, 2.05) is 13.8 Å². The van der Waals surface area contributed by atoms with Crippen LogP contribution in [-0.4, -0.2) is 50.1 Å². The molecule has 0 bridgehead atoms. The summed E-state index contributed by atoms with van der Waals surface area (Å²) >= 11 is 0. The fraction of sp³-hybridized carbons (Fsp3) is 0.316. The first-order valence-corrected chi connectivity index (χ1v) is 10.5. The van der Waals surface area contributed by atoms with Crippen molar-refractivity contribution in [1.82, 2.24) is 10.2 Å². The first-order valence-electron chi connectivity index (χ1n) is 9.15. The van der Waals surface area contributed by atoms with Crippen LogP contribution in [0.3, 0.4) is 0 Å². The van der Waals surface area contributed by atoms with Crippen LogP contribution in [0.2, 0.25) is 0 Å². The molecule has 0 fully saturated rings. The topological polar surface area (TPSA) is 137 Å². The molecule has 0 saturated carbocycles. The lowest BCUT2D eigenvalue weighted by atomic mass is 10.0. The molecule has 3 rings (SSSR count). The minimum atomic E-state index is -4.09. The Morgan fingerprint density at radius 3 is 2.43 bits per heavy atom. The van der Waals surface area contributed by atoms with Gasteiger partial charge in [-0.1, -0.05) is 19.9 Å². The predicted octanol–water partition coefficient (Wildman–Crippen LogP) is 2.14. The van der Waals surface area contributed by atoms with E-state index in [1.165, 1.54) is 23.3 Å². The third-order valence-corrected chi connectivity index (χ3v) is 5.20. The quantitative estimate of drug-likeness (QED) is 0.615. The molecule has 1 aromatic carbocycles. The number of nitrogens with one attached hydrogen (secondary N) is 2. The van der Waals surface area contributed by atoms with Crippen LogP contribution >= 0.6 is 0 Å².